The Morgan fingerprint density at radius 3 is 2.68 bits per heavy atom. The molecule has 2 N–H and O–H groups in total. The first-order chi connectivity index (χ1) is 11.8. The number of carbonyl (C=O) groups excluding carboxylic acids is 1. The van der Waals surface area contributed by atoms with E-state index < -0.39 is 22.3 Å². The molecule has 0 unspecified atom stereocenters. The maximum atomic E-state index is 12.1. The molecule has 0 aliphatic carbocycles. The van der Waals surface area contributed by atoms with Crippen LogP contribution in [0.1, 0.15) is 15.9 Å². The number of nitro benzene ring substituents is 1. The van der Waals surface area contributed by atoms with E-state index in [1.54, 1.807) is 40.8 Å². The molecule has 2 aromatic rings. The molecule has 8 nitrogen and oxygen atoms in total. The third-order valence-corrected chi connectivity index (χ3v) is 4.77. The van der Waals surface area contributed by atoms with Gasteiger partial charge in [0, 0.05) is 17.2 Å². The molecule has 10 heteroatoms. The number of nitro groups is 1. The number of amides is 1. The van der Waals surface area contributed by atoms with Gasteiger partial charge in [-0.3, -0.25) is 14.9 Å². The number of nitrogens with zero attached hydrogens (tertiary/aromatic N) is 2. The zero-order valence-corrected chi connectivity index (χ0v) is 17.0. The summed E-state index contributed by atoms with van der Waals surface area (Å²) in [5.41, 5.74) is 2.64. The van der Waals surface area contributed by atoms with Gasteiger partial charge < -0.3 is 9.84 Å². The van der Waals surface area contributed by atoms with Crippen molar-refractivity contribution in [3.8, 4) is 11.5 Å². The predicted molar refractivity (Wildman–Crippen MR) is 108 cm³/mol. The Labute approximate surface area is 169 Å². The van der Waals surface area contributed by atoms with Crippen LogP contribution in [0.15, 0.2) is 35.4 Å². The standard InChI is InChI=1S/C15H11I2N3O5/c1-25-13-6-9(2-3-10(13)16)15(22)19-18-7-8-4-11(17)14(21)12(5-8)20(23)24/h2-7,21H,1H3,(H,19,22)/b18-7-. The van der Waals surface area contributed by atoms with Crippen molar-refractivity contribution in [2.45, 2.75) is 0 Å². The van der Waals surface area contributed by atoms with E-state index in [2.05, 4.69) is 33.1 Å². The van der Waals surface area contributed by atoms with Gasteiger partial charge in [0.15, 0.2) is 0 Å². The summed E-state index contributed by atoms with van der Waals surface area (Å²) < 4.78 is 6.33. The van der Waals surface area contributed by atoms with Crippen LogP contribution in [0.3, 0.4) is 0 Å². The lowest BCUT2D eigenvalue weighted by Gasteiger charge is -2.05. The second-order valence-corrected chi connectivity index (χ2v) is 7.00. The number of carbonyl (C=O) groups is 1. The van der Waals surface area contributed by atoms with E-state index in [4.69, 9.17) is 4.74 Å². The van der Waals surface area contributed by atoms with Crippen LogP contribution in [0, 0.1) is 17.3 Å². The summed E-state index contributed by atoms with van der Waals surface area (Å²) in [6.45, 7) is 0. The van der Waals surface area contributed by atoms with E-state index in [0.29, 0.717) is 20.4 Å². The summed E-state index contributed by atoms with van der Waals surface area (Å²) in [4.78, 5) is 22.3. The van der Waals surface area contributed by atoms with Crippen molar-refractivity contribution < 1.29 is 19.6 Å². The first kappa shape index (κ1) is 19.4. The largest absolute Gasteiger partial charge is 0.501 e. The molecule has 2 rings (SSSR count). The number of hydrogen-bond acceptors (Lipinski definition) is 6. The fraction of sp³-hybridized carbons (Fsp3) is 0.0667. The van der Waals surface area contributed by atoms with Crippen LogP contribution in [0.2, 0.25) is 0 Å². The average Bonchev–Trinajstić information content (AvgIpc) is 2.57. The molecule has 0 saturated heterocycles. The summed E-state index contributed by atoms with van der Waals surface area (Å²) >= 11 is 3.86. The Balaban J connectivity index is 2.16. The number of ether oxygens (including phenoxy) is 1. The van der Waals surface area contributed by atoms with Crippen LogP contribution in [-0.2, 0) is 0 Å². The zero-order valence-electron chi connectivity index (χ0n) is 12.7. The summed E-state index contributed by atoms with van der Waals surface area (Å²) in [5.74, 6) is -0.285. The van der Waals surface area contributed by atoms with Crippen LogP contribution in [-0.4, -0.2) is 29.3 Å². The van der Waals surface area contributed by atoms with Crippen molar-refractivity contribution in [2.24, 2.45) is 5.10 Å². The monoisotopic (exact) mass is 567 g/mol. The van der Waals surface area contributed by atoms with Gasteiger partial charge in [0.25, 0.3) is 5.91 Å². The number of phenolic OH excluding ortho intramolecular Hbond substituents is 1. The van der Waals surface area contributed by atoms with Gasteiger partial charge in [0.05, 0.1) is 25.4 Å². The highest BCUT2D eigenvalue weighted by Gasteiger charge is 2.17. The molecule has 130 valence electrons. The molecule has 0 bridgehead atoms. The minimum atomic E-state index is -0.689. The molecular formula is C15H11I2N3O5. The van der Waals surface area contributed by atoms with E-state index in [9.17, 15) is 20.0 Å². The highest BCUT2D eigenvalue weighted by molar-refractivity contribution is 14.1. The van der Waals surface area contributed by atoms with Crippen LogP contribution in [0.5, 0.6) is 11.5 Å². The van der Waals surface area contributed by atoms with Gasteiger partial charge >= 0.3 is 5.69 Å². The lowest BCUT2D eigenvalue weighted by molar-refractivity contribution is -0.386. The van der Waals surface area contributed by atoms with Crippen LogP contribution in [0.25, 0.3) is 0 Å². The number of nitrogens with one attached hydrogen (secondary N) is 1. The molecule has 0 fully saturated rings. The molecule has 0 aromatic heterocycles. The molecule has 0 radical (unpaired) electrons. The number of aromatic hydroxyl groups is 1. The van der Waals surface area contributed by atoms with E-state index in [1.807, 2.05) is 0 Å². The molecule has 0 saturated carbocycles. The molecule has 0 heterocycles. The highest BCUT2D eigenvalue weighted by Crippen LogP contribution is 2.31. The molecule has 0 atom stereocenters. The highest BCUT2D eigenvalue weighted by atomic mass is 127. The summed E-state index contributed by atoms with van der Waals surface area (Å²) in [6.07, 6.45) is 1.26. The van der Waals surface area contributed by atoms with Crippen LogP contribution < -0.4 is 10.2 Å². The van der Waals surface area contributed by atoms with Gasteiger partial charge in [-0.05, 0) is 69.4 Å². The average molecular weight is 567 g/mol. The minimum absolute atomic E-state index is 0.307. The van der Waals surface area contributed by atoms with Gasteiger partial charge in [-0.15, -0.1) is 0 Å². The third-order valence-electron chi connectivity index (χ3n) is 3.06. The maximum absolute atomic E-state index is 12.1. The van der Waals surface area contributed by atoms with E-state index in [1.165, 1.54) is 25.5 Å². The summed E-state index contributed by atoms with van der Waals surface area (Å²) in [7, 11) is 1.51. The van der Waals surface area contributed by atoms with Crippen molar-refractivity contribution in [3.05, 3.63) is 58.7 Å². The lowest BCUT2D eigenvalue weighted by Crippen LogP contribution is -2.17. The predicted octanol–water partition coefficient (Wildman–Crippen LogP) is 3.28. The summed E-state index contributed by atoms with van der Waals surface area (Å²) in [5, 5.41) is 24.3. The normalized spacial score (nSPS) is 10.7. The van der Waals surface area contributed by atoms with Gasteiger partial charge in [-0.2, -0.15) is 5.10 Å². The lowest BCUT2D eigenvalue weighted by atomic mass is 10.2. The second kappa shape index (κ2) is 8.42. The Kier molecular flexibility index (Phi) is 6.52. The molecular weight excluding hydrogens is 556 g/mol. The molecule has 2 aromatic carbocycles. The number of halogens is 2. The summed E-state index contributed by atoms with van der Waals surface area (Å²) in [6, 6.07) is 7.63. The molecule has 0 aliphatic rings. The van der Waals surface area contributed by atoms with Crippen molar-refractivity contribution in [1.82, 2.24) is 5.43 Å². The topological polar surface area (TPSA) is 114 Å². The minimum Gasteiger partial charge on any atom is -0.501 e. The number of hydrogen-bond donors (Lipinski definition) is 2. The van der Waals surface area contributed by atoms with Gasteiger partial charge in [-0.1, -0.05) is 0 Å². The Bertz CT molecular complexity index is 870. The van der Waals surface area contributed by atoms with E-state index in [0.717, 1.165) is 3.57 Å². The van der Waals surface area contributed by atoms with E-state index >= 15 is 0 Å². The number of phenols is 1. The molecule has 25 heavy (non-hydrogen) atoms. The first-order valence-corrected chi connectivity index (χ1v) is 8.83. The Morgan fingerprint density at radius 1 is 1.32 bits per heavy atom. The van der Waals surface area contributed by atoms with Crippen molar-refractivity contribution >= 4 is 63.0 Å². The molecule has 1 amide bonds. The van der Waals surface area contributed by atoms with Gasteiger partial charge in [-0.25, -0.2) is 5.43 Å². The second-order valence-electron chi connectivity index (χ2n) is 4.68. The fourth-order valence-electron chi connectivity index (χ4n) is 1.85. The number of methoxy groups -OCH3 is 1. The van der Waals surface area contributed by atoms with Crippen LogP contribution >= 0.6 is 45.2 Å². The third kappa shape index (κ3) is 4.78. The number of benzene rings is 2. The SMILES string of the molecule is COc1cc(C(=O)N/N=C\c2cc(I)c(O)c([N+](=O)[O-])c2)ccc1I. The maximum Gasteiger partial charge on any atom is 0.312 e. The van der Waals surface area contributed by atoms with Crippen molar-refractivity contribution in [2.75, 3.05) is 7.11 Å². The van der Waals surface area contributed by atoms with Gasteiger partial charge in [0.1, 0.15) is 5.75 Å². The van der Waals surface area contributed by atoms with E-state index in [-0.39, 0.29) is 0 Å². The quantitative estimate of drug-likeness (QED) is 0.249. The number of hydrazone groups is 1. The Morgan fingerprint density at radius 2 is 2.04 bits per heavy atom. The first-order valence-electron chi connectivity index (χ1n) is 6.67. The zero-order chi connectivity index (χ0) is 18.6. The number of rotatable bonds is 5. The molecule has 0 spiro atoms. The fourth-order valence-corrected chi connectivity index (χ4v) is 3.04. The van der Waals surface area contributed by atoms with Gasteiger partial charge in [0.2, 0.25) is 5.75 Å². The smallest absolute Gasteiger partial charge is 0.312 e. The van der Waals surface area contributed by atoms with Crippen LogP contribution in [0.4, 0.5) is 5.69 Å². The molecule has 0 aliphatic heterocycles. The Hall–Kier alpha value is -1.96. The van der Waals surface area contributed by atoms with Crippen molar-refractivity contribution in [1.29, 1.82) is 0 Å². The van der Waals surface area contributed by atoms with Crippen molar-refractivity contribution in [3.63, 3.8) is 0 Å².